The Morgan fingerprint density at radius 1 is 1.40 bits per heavy atom. The Morgan fingerprint density at radius 2 is 1.80 bits per heavy atom. The Hall–Kier alpha value is 0.0300. The fraction of sp³-hybridized carbons (Fsp3) is 1.00. The number of hydrogen-bond donors (Lipinski definition) is 2. The molecule has 0 aromatic rings. The molecule has 1 saturated heterocycles. The van der Waals surface area contributed by atoms with Crippen molar-refractivity contribution < 1.29 is 14.4 Å². The summed E-state index contributed by atoms with van der Waals surface area (Å²) in [5.41, 5.74) is -1.79. The van der Waals surface area contributed by atoms with Gasteiger partial charge in [0.05, 0.1) is 10.8 Å². The van der Waals surface area contributed by atoms with E-state index in [0.717, 1.165) is 0 Å². The Kier molecular flexibility index (Phi) is 2.40. The Balaban J connectivity index is 2.57. The number of rotatable bonds is 0. The first-order valence-corrected chi connectivity index (χ1v) is 4.33. The molecule has 2 unspecified atom stereocenters. The second-order valence-corrected chi connectivity index (χ2v) is 4.20. The Morgan fingerprint density at radius 3 is 2.20 bits per heavy atom. The second-order valence-electron chi connectivity index (χ2n) is 2.46. The van der Waals surface area contributed by atoms with Crippen LogP contribution in [0.3, 0.4) is 0 Å². The molecular formula is C5H11NO3S. The van der Waals surface area contributed by atoms with Crippen LogP contribution in [0.15, 0.2) is 0 Å². The summed E-state index contributed by atoms with van der Waals surface area (Å²) in [6, 6.07) is 0. The number of nitrogens with zero attached hydrogens (tertiary/aromatic N) is 1. The van der Waals surface area contributed by atoms with Crippen LogP contribution in [0.25, 0.3) is 0 Å². The van der Waals surface area contributed by atoms with Crippen LogP contribution in [0.1, 0.15) is 0 Å². The van der Waals surface area contributed by atoms with Crippen molar-refractivity contribution in [1.29, 1.82) is 0 Å². The molecule has 0 aromatic carbocycles. The van der Waals surface area contributed by atoms with E-state index in [0.29, 0.717) is 13.1 Å². The molecule has 1 aliphatic heterocycles. The van der Waals surface area contributed by atoms with Crippen molar-refractivity contribution in [3.8, 4) is 0 Å². The minimum atomic E-state index is -1.48. The molecule has 0 radical (unpaired) electrons. The van der Waals surface area contributed by atoms with E-state index in [1.807, 2.05) is 0 Å². The van der Waals surface area contributed by atoms with Gasteiger partial charge in [0, 0.05) is 13.1 Å². The number of hydrogen-bond acceptors (Lipinski definition) is 4. The van der Waals surface area contributed by atoms with Crippen molar-refractivity contribution in [2.24, 2.45) is 0 Å². The first-order chi connectivity index (χ1) is 4.61. The summed E-state index contributed by atoms with van der Waals surface area (Å²) in [5.74, 6) is 0. The van der Waals surface area contributed by atoms with E-state index >= 15 is 0 Å². The normalized spacial score (nSPS) is 43.7. The quantitative estimate of drug-likeness (QED) is 0.450. The SMILES string of the molecule is CN1CC(O)S(=O)C(O)C1. The fourth-order valence-corrected chi connectivity index (χ4v) is 2.10. The largest absolute Gasteiger partial charge is 0.378 e. The molecule has 2 N–H and O–H groups in total. The predicted molar refractivity (Wildman–Crippen MR) is 37.7 cm³/mol. The zero-order chi connectivity index (χ0) is 7.72. The van der Waals surface area contributed by atoms with Gasteiger partial charge in [-0.15, -0.1) is 0 Å². The molecular weight excluding hydrogens is 154 g/mol. The van der Waals surface area contributed by atoms with Gasteiger partial charge in [-0.3, -0.25) is 9.11 Å². The molecule has 60 valence electrons. The highest BCUT2D eigenvalue weighted by Crippen LogP contribution is 2.08. The Labute approximate surface area is 61.9 Å². The van der Waals surface area contributed by atoms with E-state index in [4.69, 9.17) is 10.2 Å². The van der Waals surface area contributed by atoms with Crippen LogP contribution in [0.4, 0.5) is 0 Å². The monoisotopic (exact) mass is 165 g/mol. The van der Waals surface area contributed by atoms with E-state index in [1.54, 1.807) is 11.9 Å². The van der Waals surface area contributed by atoms with Gasteiger partial charge in [0.1, 0.15) is 10.9 Å². The van der Waals surface area contributed by atoms with E-state index in [9.17, 15) is 4.21 Å². The van der Waals surface area contributed by atoms with Crippen LogP contribution in [-0.4, -0.2) is 50.3 Å². The van der Waals surface area contributed by atoms with E-state index in [1.165, 1.54) is 0 Å². The van der Waals surface area contributed by atoms with E-state index in [-0.39, 0.29) is 0 Å². The predicted octanol–water partition coefficient (Wildman–Crippen LogP) is -1.68. The van der Waals surface area contributed by atoms with Gasteiger partial charge >= 0.3 is 0 Å². The number of β-amino-alcohol motifs (C(OH)–C–C–N with tert-alkyl or cyclic N) is 2. The molecule has 1 aliphatic rings. The molecule has 1 rings (SSSR count). The van der Waals surface area contributed by atoms with Gasteiger partial charge in [0.15, 0.2) is 0 Å². The van der Waals surface area contributed by atoms with Crippen molar-refractivity contribution in [3.63, 3.8) is 0 Å². The van der Waals surface area contributed by atoms with Gasteiger partial charge in [-0.05, 0) is 7.05 Å². The van der Waals surface area contributed by atoms with Crippen molar-refractivity contribution >= 4 is 10.8 Å². The molecule has 0 spiro atoms. The molecule has 0 aromatic heterocycles. The van der Waals surface area contributed by atoms with Gasteiger partial charge < -0.3 is 10.2 Å². The van der Waals surface area contributed by atoms with Crippen molar-refractivity contribution in [3.05, 3.63) is 0 Å². The molecule has 10 heavy (non-hydrogen) atoms. The molecule has 0 saturated carbocycles. The third-order valence-corrected chi connectivity index (χ3v) is 2.84. The average molecular weight is 165 g/mol. The van der Waals surface area contributed by atoms with Crippen LogP contribution in [-0.2, 0) is 10.8 Å². The van der Waals surface area contributed by atoms with Gasteiger partial charge in [0.2, 0.25) is 0 Å². The molecule has 0 amide bonds. The van der Waals surface area contributed by atoms with Gasteiger partial charge in [0.25, 0.3) is 0 Å². The lowest BCUT2D eigenvalue weighted by Gasteiger charge is -2.29. The average Bonchev–Trinajstić information content (AvgIpc) is 1.82. The number of aliphatic hydroxyl groups is 2. The third-order valence-electron chi connectivity index (χ3n) is 1.47. The molecule has 4 nitrogen and oxygen atoms in total. The van der Waals surface area contributed by atoms with Crippen LogP contribution in [0.5, 0.6) is 0 Å². The minimum Gasteiger partial charge on any atom is -0.378 e. The molecule has 0 bridgehead atoms. The van der Waals surface area contributed by atoms with Crippen LogP contribution in [0, 0.1) is 0 Å². The lowest BCUT2D eigenvalue weighted by Crippen LogP contribution is -2.47. The highest BCUT2D eigenvalue weighted by Gasteiger charge is 2.29. The van der Waals surface area contributed by atoms with Crippen LogP contribution < -0.4 is 0 Å². The molecule has 1 heterocycles. The molecule has 1 fully saturated rings. The smallest absolute Gasteiger partial charge is 0.144 e. The fourth-order valence-electron chi connectivity index (χ4n) is 0.936. The molecule has 2 atom stereocenters. The van der Waals surface area contributed by atoms with E-state index < -0.39 is 21.7 Å². The zero-order valence-electron chi connectivity index (χ0n) is 5.73. The van der Waals surface area contributed by atoms with E-state index in [2.05, 4.69) is 0 Å². The Bertz CT molecular complexity index is 138. The van der Waals surface area contributed by atoms with Gasteiger partial charge in [-0.2, -0.15) is 0 Å². The summed E-state index contributed by atoms with van der Waals surface area (Å²) in [6.45, 7) is 0.757. The minimum absolute atomic E-state index is 0.379. The van der Waals surface area contributed by atoms with Crippen LogP contribution in [0.2, 0.25) is 0 Å². The number of aliphatic hydroxyl groups excluding tert-OH is 2. The van der Waals surface area contributed by atoms with Crippen molar-refractivity contribution in [2.75, 3.05) is 20.1 Å². The van der Waals surface area contributed by atoms with Gasteiger partial charge in [-0.25, -0.2) is 0 Å². The summed E-state index contributed by atoms with van der Waals surface area (Å²) in [7, 11) is 0.286. The second kappa shape index (κ2) is 2.96. The maximum atomic E-state index is 10.9. The third kappa shape index (κ3) is 1.54. The topological polar surface area (TPSA) is 60.8 Å². The standard InChI is InChI=1S/C5H11NO3S/c1-6-2-4(7)10(9)5(8)3-6/h4-5,7-8H,2-3H2,1H3. The summed E-state index contributed by atoms with van der Waals surface area (Å²) in [4.78, 5) is 1.75. The maximum Gasteiger partial charge on any atom is 0.144 e. The summed E-state index contributed by atoms with van der Waals surface area (Å²) >= 11 is 0. The highest BCUT2D eigenvalue weighted by molar-refractivity contribution is 7.86. The maximum absolute atomic E-state index is 10.9. The van der Waals surface area contributed by atoms with Crippen molar-refractivity contribution in [2.45, 2.75) is 10.9 Å². The summed E-state index contributed by atoms with van der Waals surface area (Å²) in [6.07, 6.45) is 0. The summed E-state index contributed by atoms with van der Waals surface area (Å²) < 4.78 is 10.9. The lowest BCUT2D eigenvalue weighted by atomic mass is 10.5. The van der Waals surface area contributed by atoms with Gasteiger partial charge in [-0.1, -0.05) is 0 Å². The number of likely N-dealkylation sites (N-methyl/N-ethyl adjacent to an activating group) is 1. The first-order valence-electron chi connectivity index (χ1n) is 3.05. The zero-order valence-corrected chi connectivity index (χ0v) is 6.54. The summed E-state index contributed by atoms with van der Waals surface area (Å²) in [5, 5.41) is 18.0. The molecule has 5 heteroatoms. The first kappa shape index (κ1) is 8.13. The van der Waals surface area contributed by atoms with Crippen LogP contribution >= 0.6 is 0 Å². The van der Waals surface area contributed by atoms with Crippen molar-refractivity contribution in [1.82, 2.24) is 4.90 Å². The highest BCUT2D eigenvalue weighted by atomic mass is 32.2. The molecule has 0 aliphatic carbocycles. The lowest BCUT2D eigenvalue weighted by molar-refractivity contribution is 0.122.